The Morgan fingerprint density at radius 2 is 2.26 bits per heavy atom. The number of benzene rings is 1. The zero-order chi connectivity index (χ0) is 13.7. The van der Waals surface area contributed by atoms with Crippen LogP contribution in [0.1, 0.15) is 25.3 Å². The molecule has 0 aliphatic carbocycles. The van der Waals surface area contributed by atoms with Crippen LogP contribution in [0, 0.1) is 0 Å². The number of halogens is 2. The molecule has 2 rings (SSSR count). The normalized spacial score (nSPS) is 18.8. The molecule has 106 valence electrons. The van der Waals surface area contributed by atoms with E-state index in [1.54, 1.807) is 0 Å². The third kappa shape index (κ3) is 4.66. The van der Waals surface area contributed by atoms with Crippen molar-refractivity contribution in [2.45, 2.75) is 31.6 Å². The lowest BCUT2D eigenvalue weighted by Crippen LogP contribution is -2.23. The highest BCUT2D eigenvalue weighted by atomic mass is 79.9. The molecule has 1 aromatic rings. The topological polar surface area (TPSA) is 21.3 Å². The van der Waals surface area contributed by atoms with Crippen molar-refractivity contribution in [1.29, 1.82) is 0 Å². The number of hydrogen-bond acceptors (Lipinski definition) is 3. The van der Waals surface area contributed by atoms with Crippen LogP contribution in [0.4, 0.5) is 0 Å². The highest BCUT2D eigenvalue weighted by molar-refractivity contribution is 9.11. The molecule has 5 heteroatoms. The maximum atomic E-state index is 5.73. The second-order valence-electron chi connectivity index (χ2n) is 4.57. The van der Waals surface area contributed by atoms with E-state index in [2.05, 4.69) is 55.0 Å². The Morgan fingerprint density at radius 1 is 1.42 bits per heavy atom. The first-order valence-electron chi connectivity index (χ1n) is 6.63. The first-order chi connectivity index (χ1) is 9.20. The molecule has 19 heavy (non-hydrogen) atoms. The highest BCUT2D eigenvalue weighted by Crippen LogP contribution is 2.33. The van der Waals surface area contributed by atoms with Gasteiger partial charge >= 0.3 is 0 Å². The fraction of sp³-hybridized carbons (Fsp3) is 0.571. The quantitative estimate of drug-likeness (QED) is 0.743. The standard InChI is InChI=1S/C14H19Br2NOS/c1-2-18-14-10(6-11(15)7-13(14)16)8-17-9-12-4-3-5-19-12/h6-7,12,17H,2-5,8-9H2,1H3. The number of ether oxygens (including phenoxy) is 1. The second-order valence-corrected chi connectivity index (χ2v) is 7.75. The van der Waals surface area contributed by atoms with Gasteiger partial charge in [-0.3, -0.25) is 0 Å². The van der Waals surface area contributed by atoms with Crippen LogP contribution < -0.4 is 10.1 Å². The van der Waals surface area contributed by atoms with E-state index < -0.39 is 0 Å². The van der Waals surface area contributed by atoms with E-state index in [0.717, 1.165) is 33.0 Å². The number of rotatable bonds is 6. The van der Waals surface area contributed by atoms with E-state index in [1.807, 2.05) is 13.0 Å². The minimum Gasteiger partial charge on any atom is -0.492 e. The maximum absolute atomic E-state index is 5.73. The Kier molecular flexibility index (Phi) is 6.53. The van der Waals surface area contributed by atoms with Gasteiger partial charge in [0.05, 0.1) is 11.1 Å². The van der Waals surface area contributed by atoms with E-state index in [-0.39, 0.29) is 0 Å². The van der Waals surface area contributed by atoms with Crippen molar-refractivity contribution in [2.24, 2.45) is 0 Å². The van der Waals surface area contributed by atoms with Crippen LogP contribution in [0.2, 0.25) is 0 Å². The molecule has 0 aromatic heterocycles. The van der Waals surface area contributed by atoms with Crippen molar-refractivity contribution in [2.75, 3.05) is 18.9 Å². The third-order valence-electron chi connectivity index (χ3n) is 3.09. The van der Waals surface area contributed by atoms with Gasteiger partial charge in [0, 0.05) is 28.4 Å². The summed E-state index contributed by atoms with van der Waals surface area (Å²) in [7, 11) is 0. The molecular formula is C14H19Br2NOS. The number of hydrogen-bond donors (Lipinski definition) is 1. The van der Waals surface area contributed by atoms with Gasteiger partial charge in [-0.25, -0.2) is 0 Å². The summed E-state index contributed by atoms with van der Waals surface area (Å²) < 4.78 is 7.82. The molecule has 1 fully saturated rings. The summed E-state index contributed by atoms with van der Waals surface area (Å²) >= 11 is 9.20. The van der Waals surface area contributed by atoms with Gasteiger partial charge in [0.2, 0.25) is 0 Å². The predicted octanol–water partition coefficient (Wildman–Crippen LogP) is 4.60. The van der Waals surface area contributed by atoms with Gasteiger partial charge in [0.1, 0.15) is 5.75 Å². The van der Waals surface area contributed by atoms with Gasteiger partial charge in [0.25, 0.3) is 0 Å². The summed E-state index contributed by atoms with van der Waals surface area (Å²) in [5.74, 6) is 2.27. The smallest absolute Gasteiger partial charge is 0.138 e. The van der Waals surface area contributed by atoms with Crippen molar-refractivity contribution >= 4 is 43.6 Å². The van der Waals surface area contributed by atoms with Gasteiger partial charge in [-0.05, 0) is 53.6 Å². The average molecular weight is 409 g/mol. The summed E-state index contributed by atoms with van der Waals surface area (Å²) in [6.07, 6.45) is 2.71. The van der Waals surface area contributed by atoms with Gasteiger partial charge in [-0.15, -0.1) is 0 Å². The van der Waals surface area contributed by atoms with Crippen LogP contribution in [0.15, 0.2) is 21.1 Å². The predicted molar refractivity (Wildman–Crippen MR) is 90.2 cm³/mol. The molecule has 1 aliphatic rings. The molecule has 0 amide bonds. The van der Waals surface area contributed by atoms with Crippen LogP contribution in [0.25, 0.3) is 0 Å². The molecule has 1 aliphatic heterocycles. The van der Waals surface area contributed by atoms with Crippen molar-refractivity contribution in [3.05, 3.63) is 26.6 Å². The zero-order valence-electron chi connectivity index (χ0n) is 11.0. The van der Waals surface area contributed by atoms with Crippen molar-refractivity contribution in [3.8, 4) is 5.75 Å². The van der Waals surface area contributed by atoms with Gasteiger partial charge in [-0.1, -0.05) is 15.9 Å². The van der Waals surface area contributed by atoms with Crippen molar-refractivity contribution in [3.63, 3.8) is 0 Å². The van der Waals surface area contributed by atoms with E-state index in [1.165, 1.54) is 24.2 Å². The van der Waals surface area contributed by atoms with E-state index >= 15 is 0 Å². The molecule has 0 bridgehead atoms. The summed E-state index contributed by atoms with van der Waals surface area (Å²) in [5, 5.41) is 4.34. The Bertz CT molecular complexity index is 422. The van der Waals surface area contributed by atoms with E-state index in [4.69, 9.17) is 4.74 Å². The maximum Gasteiger partial charge on any atom is 0.138 e. The summed E-state index contributed by atoms with van der Waals surface area (Å²) in [4.78, 5) is 0. The van der Waals surface area contributed by atoms with Crippen LogP contribution in [0.5, 0.6) is 5.75 Å². The number of nitrogens with one attached hydrogen (secondary N) is 1. The first kappa shape index (κ1) is 15.7. The molecule has 1 unspecified atom stereocenters. The van der Waals surface area contributed by atoms with E-state index in [9.17, 15) is 0 Å². The Morgan fingerprint density at radius 3 is 2.95 bits per heavy atom. The first-order valence-corrected chi connectivity index (χ1v) is 9.27. The molecule has 0 spiro atoms. The Hall–Kier alpha value is 0.290. The minimum absolute atomic E-state index is 0.686. The molecule has 1 heterocycles. The minimum atomic E-state index is 0.686. The van der Waals surface area contributed by atoms with Gasteiger partial charge < -0.3 is 10.1 Å². The van der Waals surface area contributed by atoms with Crippen LogP contribution in [0.3, 0.4) is 0 Å². The lowest BCUT2D eigenvalue weighted by Gasteiger charge is -2.15. The summed E-state index contributed by atoms with van der Waals surface area (Å²) in [6.45, 7) is 4.64. The Balaban J connectivity index is 1.97. The van der Waals surface area contributed by atoms with Crippen LogP contribution >= 0.6 is 43.6 Å². The molecule has 1 aromatic carbocycles. The monoisotopic (exact) mass is 407 g/mol. The molecule has 0 radical (unpaired) electrons. The Labute approximate surface area is 136 Å². The lowest BCUT2D eigenvalue weighted by atomic mass is 10.2. The molecule has 1 atom stereocenters. The molecule has 0 saturated carbocycles. The molecule has 2 nitrogen and oxygen atoms in total. The molecular weight excluding hydrogens is 390 g/mol. The van der Waals surface area contributed by atoms with E-state index in [0.29, 0.717) is 6.61 Å². The third-order valence-corrected chi connectivity index (χ3v) is 5.53. The second kappa shape index (κ2) is 7.91. The summed E-state index contributed by atoms with van der Waals surface area (Å²) in [5.41, 5.74) is 1.20. The SMILES string of the molecule is CCOc1c(Br)cc(Br)cc1CNCC1CCCS1. The van der Waals surface area contributed by atoms with Crippen LogP contribution in [-0.4, -0.2) is 24.2 Å². The number of thioether (sulfide) groups is 1. The summed E-state index contributed by atoms with van der Waals surface area (Å²) in [6, 6.07) is 4.16. The van der Waals surface area contributed by atoms with Gasteiger partial charge in [-0.2, -0.15) is 11.8 Å². The lowest BCUT2D eigenvalue weighted by molar-refractivity contribution is 0.333. The van der Waals surface area contributed by atoms with Crippen LogP contribution in [-0.2, 0) is 6.54 Å². The van der Waals surface area contributed by atoms with Gasteiger partial charge in [0.15, 0.2) is 0 Å². The fourth-order valence-electron chi connectivity index (χ4n) is 2.22. The zero-order valence-corrected chi connectivity index (χ0v) is 15.0. The highest BCUT2D eigenvalue weighted by Gasteiger charge is 2.15. The fourth-order valence-corrected chi connectivity index (χ4v) is 4.89. The van der Waals surface area contributed by atoms with Crippen molar-refractivity contribution < 1.29 is 4.74 Å². The average Bonchev–Trinajstić information content (AvgIpc) is 2.86. The largest absolute Gasteiger partial charge is 0.492 e. The molecule has 1 N–H and O–H groups in total. The molecule has 1 saturated heterocycles. The van der Waals surface area contributed by atoms with Crippen molar-refractivity contribution in [1.82, 2.24) is 5.32 Å².